The summed E-state index contributed by atoms with van der Waals surface area (Å²) in [5.74, 6) is -0.283. The van der Waals surface area contributed by atoms with E-state index in [9.17, 15) is 9.59 Å². The minimum absolute atomic E-state index is 0.102. The Morgan fingerprint density at radius 3 is 2.76 bits per heavy atom. The predicted octanol–water partition coefficient (Wildman–Crippen LogP) is 2.15. The van der Waals surface area contributed by atoms with Gasteiger partial charge in [-0.2, -0.15) is 0 Å². The fourth-order valence-electron chi connectivity index (χ4n) is 1.63. The SMILES string of the molecule is CCOC(=O)C/C=C1/OC(=O)c2ccccc21. The van der Waals surface area contributed by atoms with E-state index in [2.05, 4.69) is 0 Å². The maximum atomic E-state index is 11.5. The second-order valence-electron chi connectivity index (χ2n) is 3.51. The molecule has 1 aromatic carbocycles. The van der Waals surface area contributed by atoms with Crippen LogP contribution in [0.1, 0.15) is 29.3 Å². The summed E-state index contributed by atoms with van der Waals surface area (Å²) in [6.07, 6.45) is 1.67. The first-order valence-corrected chi connectivity index (χ1v) is 5.39. The van der Waals surface area contributed by atoms with Gasteiger partial charge in [-0.1, -0.05) is 18.2 Å². The zero-order chi connectivity index (χ0) is 12.3. The van der Waals surface area contributed by atoms with Gasteiger partial charge in [0.1, 0.15) is 5.76 Å². The summed E-state index contributed by atoms with van der Waals surface area (Å²) in [5, 5.41) is 0. The molecule has 0 bridgehead atoms. The molecule has 88 valence electrons. The molecule has 0 N–H and O–H groups in total. The summed E-state index contributed by atoms with van der Waals surface area (Å²) in [6.45, 7) is 2.09. The number of esters is 2. The van der Waals surface area contributed by atoms with E-state index in [4.69, 9.17) is 9.47 Å². The third-order valence-corrected chi connectivity index (χ3v) is 2.37. The van der Waals surface area contributed by atoms with Crippen LogP contribution in [0.25, 0.3) is 5.76 Å². The Balaban J connectivity index is 2.17. The lowest BCUT2D eigenvalue weighted by Gasteiger charge is -1.99. The molecule has 4 nitrogen and oxygen atoms in total. The van der Waals surface area contributed by atoms with Crippen molar-refractivity contribution in [2.24, 2.45) is 0 Å². The van der Waals surface area contributed by atoms with E-state index >= 15 is 0 Å². The zero-order valence-corrected chi connectivity index (χ0v) is 9.43. The normalized spacial score (nSPS) is 15.6. The van der Waals surface area contributed by atoms with Crippen molar-refractivity contribution >= 4 is 17.7 Å². The minimum atomic E-state index is -0.379. The number of hydrogen-bond acceptors (Lipinski definition) is 4. The average molecular weight is 232 g/mol. The summed E-state index contributed by atoms with van der Waals surface area (Å²) < 4.78 is 9.87. The van der Waals surface area contributed by atoms with Gasteiger partial charge in [-0.15, -0.1) is 0 Å². The topological polar surface area (TPSA) is 52.6 Å². The van der Waals surface area contributed by atoms with E-state index in [-0.39, 0.29) is 18.4 Å². The van der Waals surface area contributed by atoms with Gasteiger partial charge in [0.25, 0.3) is 0 Å². The molecule has 1 aromatic rings. The molecule has 0 amide bonds. The van der Waals surface area contributed by atoms with Gasteiger partial charge in [0, 0.05) is 5.56 Å². The fraction of sp³-hybridized carbons (Fsp3) is 0.231. The molecule has 4 heteroatoms. The molecule has 0 aliphatic carbocycles. The maximum Gasteiger partial charge on any atom is 0.344 e. The number of ether oxygens (including phenoxy) is 2. The van der Waals surface area contributed by atoms with Gasteiger partial charge in [0.15, 0.2) is 0 Å². The largest absolute Gasteiger partial charge is 0.466 e. The van der Waals surface area contributed by atoms with E-state index in [1.165, 1.54) is 0 Å². The molecule has 0 saturated heterocycles. The van der Waals surface area contributed by atoms with Gasteiger partial charge in [-0.25, -0.2) is 4.79 Å². The Morgan fingerprint density at radius 1 is 1.35 bits per heavy atom. The van der Waals surface area contributed by atoms with E-state index in [0.717, 1.165) is 5.56 Å². The smallest absolute Gasteiger partial charge is 0.344 e. The first-order chi connectivity index (χ1) is 8.22. The molecule has 1 aliphatic rings. The monoisotopic (exact) mass is 232 g/mol. The van der Waals surface area contributed by atoms with Crippen molar-refractivity contribution in [3.05, 3.63) is 41.5 Å². The molecule has 0 spiro atoms. The van der Waals surface area contributed by atoms with Crippen LogP contribution in [-0.2, 0) is 14.3 Å². The van der Waals surface area contributed by atoms with Crippen molar-refractivity contribution in [1.82, 2.24) is 0 Å². The van der Waals surface area contributed by atoms with Crippen LogP contribution in [0, 0.1) is 0 Å². The van der Waals surface area contributed by atoms with Crippen molar-refractivity contribution < 1.29 is 19.1 Å². The first-order valence-electron chi connectivity index (χ1n) is 5.39. The highest BCUT2D eigenvalue weighted by atomic mass is 16.5. The standard InChI is InChI=1S/C13H12O4/c1-2-16-12(14)8-7-11-9-5-3-4-6-10(9)13(15)17-11/h3-7H,2,8H2,1H3/b11-7+. The van der Waals surface area contributed by atoms with Gasteiger partial charge in [-0.3, -0.25) is 4.79 Å². The van der Waals surface area contributed by atoms with Gasteiger partial charge in [0.05, 0.1) is 18.6 Å². The van der Waals surface area contributed by atoms with Crippen LogP contribution < -0.4 is 0 Å². The Morgan fingerprint density at radius 2 is 2.06 bits per heavy atom. The Hall–Kier alpha value is -2.10. The lowest BCUT2D eigenvalue weighted by Crippen LogP contribution is -2.02. The average Bonchev–Trinajstić information content (AvgIpc) is 2.65. The van der Waals surface area contributed by atoms with Crippen molar-refractivity contribution in [2.75, 3.05) is 6.61 Å². The van der Waals surface area contributed by atoms with Crippen molar-refractivity contribution in [3.8, 4) is 0 Å². The highest BCUT2D eigenvalue weighted by molar-refractivity contribution is 6.03. The molecule has 0 aromatic heterocycles. The molecular formula is C13H12O4. The zero-order valence-electron chi connectivity index (χ0n) is 9.43. The van der Waals surface area contributed by atoms with Crippen LogP contribution in [0.15, 0.2) is 30.3 Å². The molecule has 17 heavy (non-hydrogen) atoms. The lowest BCUT2D eigenvalue weighted by atomic mass is 10.1. The molecular weight excluding hydrogens is 220 g/mol. The number of rotatable bonds is 3. The van der Waals surface area contributed by atoms with Crippen LogP contribution >= 0.6 is 0 Å². The van der Waals surface area contributed by atoms with Gasteiger partial charge < -0.3 is 9.47 Å². The summed E-state index contributed by atoms with van der Waals surface area (Å²) in [6, 6.07) is 7.08. The first kappa shape index (κ1) is 11.4. The summed E-state index contributed by atoms with van der Waals surface area (Å²) in [7, 11) is 0. The van der Waals surface area contributed by atoms with Gasteiger partial charge >= 0.3 is 11.9 Å². The number of fused-ring (bicyclic) bond motifs is 1. The van der Waals surface area contributed by atoms with E-state index in [0.29, 0.717) is 17.9 Å². The van der Waals surface area contributed by atoms with E-state index in [1.54, 1.807) is 31.2 Å². The summed E-state index contributed by atoms with van der Waals surface area (Å²) in [4.78, 5) is 22.7. The van der Waals surface area contributed by atoms with Crippen molar-refractivity contribution in [1.29, 1.82) is 0 Å². The Kier molecular flexibility index (Phi) is 3.23. The molecule has 2 rings (SSSR count). The third-order valence-electron chi connectivity index (χ3n) is 2.37. The lowest BCUT2D eigenvalue weighted by molar-refractivity contribution is -0.142. The molecule has 0 saturated carbocycles. The number of benzene rings is 1. The van der Waals surface area contributed by atoms with Gasteiger partial charge in [-0.05, 0) is 19.1 Å². The number of hydrogen-bond donors (Lipinski definition) is 0. The minimum Gasteiger partial charge on any atom is -0.466 e. The third kappa shape index (κ3) is 2.36. The second kappa shape index (κ2) is 4.82. The fourth-order valence-corrected chi connectivity index (χ4v) is 1.63. The maximum absolute atomic E-state index is 11.5. The number of cyclic esters (lactones) is 1. The van der Waals surface area contributed by atoms with Crippen molar-refractivity contribution in [2.45, 2.75) is 13.3 Å². The molecule has 0 unspecified atom stereocenters. The molecule has 0 radical (unpaired) electrons. The second-order valence-corrected chi connectivity index (χ2v) is 3.51. The van der Waals surface area contributed by atoms with Gasteiger partial charge in [0.2, 0.25) is 0 Å². The molecule has 1 aliphatic heterocycles. The van der Waals surface area contributed by atoms with Crippen LogP contribution in [-0.4, -0.2) is 18.5 Å². The Bertz CT molecular complexity index is 488. The Labute approximate surface area is 98.8 Å². The van der Waals surface area contributed by atoms with Crippen LogP contribution in [0.5, 0.6) is 0 Å². The molecule has 1 heterocycles. The molecule has 0 atom stereocenters. The molecule has 0 fully saturated rings. The quantitative estimate of drug-likeness (QED) is 0.749. The van der Waals surface area contributed by atoms with E-state index in [1.807, 2.05) is 6.07 Å². The highest BCUT2D eigenvalue weighted by Crippen LogP contribution is 2.29. The number of carbonyl (C=O) groups is 2. The van der Waals surface area contributed by atoms with Crippen molar-refractivity contribution in [3.63, 3.8) is 0 Å². The predicted molar refractivity (Wildman–Crippen MR) is 61.1 cm³/mol. The summed E-state index contributed by atoms with van der Waals surface area (Å²) >= 11 is 0. The van der Waals surface area contributed by atoms with E-state index < -0.39 is 0 Å². The van der Waals surface area contributed by atoms with Crippen LogP contribution in [0.3, 0.4) is 0 Å². The summed E-state index contributed by atoms with van der Waals surface area (Å²) in [5.41, 5.74) is 1.25. The number of carbonyl (C=O) groups excluding carboxylic acids is 2. The van der Waals surface area contributed by atoms with Crippen LogP contribution in [0.4, 0.5) is 0 Å². The highest BCUT2D eigenvalue weighted by Gasteiger charge is 2.25. The van der Waals surface area contributed by atoms with Crippen LogP contribution in [0.2, 0.25) is 0 Å².